The number of hydrogen-bond acceptors (Lipinski definition) is 2. The van der Waals surface area contributed by atoms with Crippen LogP contribution in [0.1, 0.15) is 16.7 Å². The Bertz CT molecular complexity index is 477. The molecule has 3 N–H and O–H groups in total. The van der Waals surface area contributed by atoms with Crippen molar-refractivity contribution >= 4 is 5.91 Å². The first kappa shape index (κ1) is 17.3. The number of rotatable bonds is 4. The van der Waals surface area contributed by atoms with Crippen molar-refractivity contribution in [2.75, 3.05) is 13.1 Å². The molecule has 0 aliphatic heterocycles. The standard InChI is InChI=1S/C12H12F6N2O/c13-11(14,15)8-3-7(5-10(21)20-2-1-19)4-9(6-8)12(16,17)18/h3-4,6H,1-2,5,19H2,(H,20,21). The maximum absolute atomic E-state index is 12.6. The van der Waals surface area contributed by atoms with Crippen LogP contribution in [0.3, 0.4) is 0 Å². The van der Waals surface area contributed by atoms with Gasteiger partial charge < -0.3 is 11.1 Å². The predicted octanol–water partition coefficient (Wildman–Crippen LogP) is 2.34. The lowest BCUT2D eigenvalue weighted by atomic mass is 10.0. The molecule has 0 bridgehead atoms. The summed E-state index contributed by atoms with van der Waals surface area (Å²) in [6, 6.07) is 1.07. The average Bonchev–Trinajstić information content (AvgIpc) is 2.34. The topological polar surface area (TPSA) is 55.1 Å². The number of halogens is 6. The van der Waals surface area contributed by atoms with Crippen molar-refractivity contribution in [3.05, 3.63) is 34.9 Å². The Morgan fingerprint density at radius 1 is 1.00 bits per heavy atom. The van der Waals surface area contributed by atoms with Crippen LogP contribution in [0.5, 0.6) is 0 Å². The number of amides is 1. The molecule has 0 radical (unpaired) electrons. The molecule has 1 aromatic carbocycles. The zero-order chi connectivity index (χ0) is 16.3. The number of alkyl halides is 6. The predicted molar refractivity (Wildman–Crippen MR) is 62.2 cm³/mol. The zero-order valence-corrected chi connectivity index (χ0v) is 10.6. The van der Waals surface area contributed by atoms with Crippen molar-refractivity contribution in [3.63, 3.8) is 0 Å². The Hall–Kier alpha value is -1.77. The second kappa shape index (κ2) is 6.33. The van der Waals surface area contributed by atoms with Gasteiger partial charge in [0.1, 0.15) is 0 Å². The summed E-state index contributed by atoms with van der Waals surface area (Å²) in [5.74, 6) is -0.701. The highest BCUT2D eigenvalue weighted by atomic mass is 19.4. The number of nitrogens with one attached hydrogen (secondary N) is 1. The van der Waals surface area contributed by atoms with Crippen molar-refractivity contribution in [2.24, 2.45) is 5.73 Å². The summed E-state index contributed by atoms with van der Waals surface area (Å²) in [6.45, 7) is 0.200. The molecule has 0 atom stereocenters. The Morgan fingerprint density at radius 2 is 1.48 bits per heavy atom. The quantitative estimate of drug-likeness (QED) is 0.838. The SMILES string of the molecule is NCCNC(=O)Cc1cc(C(F)(F)F)cc(C(F)(F)F)c1. The van der Waals surface area contributed by atoms with Crippen LogP contribution in [0.25, 0.3) is 0 Å². The minimum Gasteiger partial charge on any atom is -0.355 e. The van der Waals surface area contributed by atoms with E-state index in [-0.39, 0.29) is 24.7 Å². The van der Waals surface area contributed by atoms with E-state index < -0.39 is 35.8 Å². The van der Waals surface area contributed by atoms with E-state index in [1.54, 1.807) is 0 Å². The van der Waals surface area contributed by atoms with Crippen molar-refractivity contribution < 1.29 is 31.1 Å². The zero-order valence-electron chi connectivity index (χ0n) is 10.6. The molecule has 0 unspecified atom stereocenters. The molecular weight excluding hydrogens is 302 g/mol. The molecule has 118 valence electrons. The number of carbonyl (C=O) groups excluding carboxylic acids is 1. The number of benzene rings is 1. The molecule has 21 heavy (non-hydrogen) atoms. The van der Waals surface area contributed by atoms with Gasteiger partial charge in [0.05, 0.1) is 17.5 Å². The molecule has 0 aromatic heterocycles. The summed E-state index contributed by atoms with van der Waals surface area (Å²) < 4.78 is 75.6. The van der Waals surface area contributed by atoms with Gasteiger partial charge in [-0.3, -0.25) is 4.79 Å². The van der Waals surface area contributed by atoms with Crippen LogP contribution in [-0.2, 0) is 23.6 Å². The monoisotopic (exact) mass is 314 g/mol. The Morgan fingerprint density at radius 3 is 1.86 bits per heavy atom. The average molecular weight is 314 g/mol. The van der Waals surface area contributed by atoms with Crippen LogP contribution in [0.2, 0.25) is 0 Å². The lowest BCUT2D eigenvalue weighted by Gasteiger charge is -2.14. The first-order chi connectivity index (χ1) is 9.54. The Balaban J connectivity index is 3.11. The third kappa shape index (κ3) is 5.25. The molecule has 1 amide bonds. The number of nitrogens with two attached hydrogens (primary N) is 1. The van der Waals surface area contributed by atoms with Gasteiger partial charge in [-0.05, 0) is 23.8 Å². The highest BCUT2D eigenvalue weighted by Crippen LogP contribution is 2.36. The highest BCUT2D eigenvalue weighted by molar-refractivity contribution is 5.78. The second-order valence-electron chi connectivity index (χ2n) is 4.23. The lowest BCUT2D eigenvalue weighted by Crippen LogP contribution is -2.30. The van der Waals surface area contributed by atoms with Gasteiger partial charge in [0, 0.05) is 13.1 Å². The van der Waals surface area contributed by atoms with E-state index in [1.165, 1.54) is 0 Å². The minimum atomic E-state index is -4.93. The molecule has 0 fully saturated rings. The normalized spacial score (nSPS) is 12.3. The summed E-state index contributed by atoms with van der Waals surface area (Å²) in [4.78, 5) is 11.4. The Labute approximate surface area is 116 Å². The third-order valence-electron chi connectivity index (χ3n) is 2.48. The fourth-order valence-corrected chi connectivity index (χ4v) is 1.58. The van der Waals surface area contributed by atoms with E-state index in [9.17, 15) is 31.1 Å². The van der Waals surface area contributed by atoms with Crippen LogP contribution >= 0.6 is 0 Å². The maximum atomic E-state index is 12.6. The van der Waals surface area contributed by atoms with Gasteiger partial charge in [-0.25, -0.2) is 0 Å². The molecular formula is C12H12F6N2O. The largest absolute Gasteiger partial charge is 0.416 e. The van der Waals surface area contributed by atoms with Gasteiger partial charge >= 0.3 is 12.4 Å². The van der Waals surface area contributed by atoms with E-state index in [0.29, 0.717) is 12.1 Å². The molecule has 1 rings (SSSR count). The summed E-state index contributed by atoms with van der Waals surface area (Å²) in [6.07, 6.45) is -10.4. The van der Waals surface area contributed by atoms with E-state index in [0.717, 1.165) is 0 Å². The van der Waals surface area contributed by atoms with E-state index in [1.807, 2.05) is 0 Å². The highest BCUT2D eigenvalue weighted by Gasteiger charge is 2.36. The van der Waals surface area contributed by atoms with E-state index >= 15 is 0 Å². The van der Waals surface area contributed by atoms with Crippen LogP contribution < -0.4 is 11.1 Å². The summed E-state index contributed by atoms with van der Waals surface area (Å²) in [5.41, 5.74) is 1.86. The molecule has 0 saturated carbocycles. The molecule has 1 aromatic rings. The summed E-state index contributed by atoms with van der Waals surface area (Å²) >= 11 is 0. The van der Waals surface area contributed by atoms with Gasteiger partial charge in [-0.2, -0.15) is 26.3 Å². The lowest BCUT2D eigenvalue weighted by molar-refractivity contribution is -0.143. The van der Waals surface area contributed by atoms with Crippen LogP contribution in [0.4, 0.5) is 26.3 Å². The van der Waals surface area contributed by atoms with Gasteiger partial charge in [0.25, 0.3) is 0 Å². The van der Waals surface area contributed by atoms with E-state index in [4.69, 9.17) is 5.73 Å². The molecule has 0 spiro atoms. The molecule has 0 heterocycles. The minimum absolute atomic E-state index is 0.0152. The van der Waals surface area contributed by atoms with Crippen molar-refractivity contribution in [1.82, 2.24) is 5.32 Å². The van der Waals surface area contributed by atoms with Crippen molar-refractivity contribution in [1.29, 1.82) is 0 Å². The second-order valence-corrected chi connectivity index (χ2v) is 4.23. The van der Waals surface area contributed by atoms with Gasteiger partial charge in [-0.1, -0.05) is 0 Å². The fraction of sp³-hybridized carbons (Fsp3) is 0.417. The molecule has 0 aliphatic carbocycles. The van der Waals surface area contributed by atoms with Crippen molar-refractivity contribution in [2.45, 2.75) is 18.8 Å². The van der Waals surface area contributed by atoms with Crippen LogP contribution in [-0.4, -0.2) is 19.0 Å². The summed E-state index contributed by atoms with van der Waals surface area (Å²) in [5, 5.41) is 2.27. The fourth-order valence-electron chi connectivity index (χ4n) is 1.58. The maximum Gasteiger partial charge on any atom is 0.416 e. The molecule has 3 nitrogen and oxygen atoms in total. The molecule has 9 heteroatoms. The van der Waals surface area contributed by atoms with Gasteiger partial charge in [0.2, 0.25) is 5.91 Å². The van der Waals surface area contributed by atoms with Crippen LogP contribution in [0.15, 0.2) is 18.2 Å². The van der Waals surface area contributed by atoms with Gasteiger partial charge in [-0.15, -0.1) is 0 Å². The third-order valence-corrected chi connectivity index (χ3v) is 2.48. The van der Waals surface area contributed by atoms with E-state index in [2.05, 4.69) is 5.32 Å². The Kier molecular flexibility index (Phi) is 5.21. The van der Waals surface area contributed by atoms with Gasteiger partial charge in [0.15, 0.2) is 0 Å². The first-order valence-corrected chi connectivity index (χ1v) is 5.79. The number of hydrogen-bond donors (Lipinski definition) is 2. The smallest absolute Gasteiger partial charge is 0.355 e. The van der Waals surface area contributed by atoms with Crippen molar-refractivity contribution in [3.8, 4) is 0 Å². The first-order valence-electron chi connectivity index (χ1n) is 5.79. The molecule has 0 saturated heterocycles. The summed E-state index contributed by atoms with van der Waals surface area (Å²) in [7, 11) is 0. The molecule has 0 aliphatic rings. The number of carbonyl (C=O) groups is 1. The van der Waals surface area contributed by atoms with Crippen LogP contribution in [0, 0.1) is 0 Å².